The van der Waals surface area contributed by atoms with Crippen molar-refractivity contribution in [2.45, 2.75) is 32.0 Å². The number of halogens is 1. The Morgan fingerprint density at radius 2 is 2.08 bits per heavy atom. The average molecular weight is 211 g/mol. The van der Waals surface area contributed by atoms with Gasteiger partial charge in [-0.05, 0) is 6.92 Å². The Labute approximate surface area is 82.5 Å². The van der Waals surface area contributed by atoms with Gasteiger partial charge < -0.3 is 14.9 Å². The van der Waals surface area contributed by atoms with Crippen LogP contribution in [0.25, 0.3) is 0 Å². The minimum atomic E-state index is -0.882. The largest absolute Gasteiger partial charge is 0.466 e. The smallest absolute Gasteiger partial charge is 0.308 e. The normalized spacial score (nSPS) is 15.1. The SMILES string of the molecule is CCOC(=O)CC(O)CC(O)CCl. The van der Waals surface area contributed by atoms with Gasteiger partial charge in [-0.15, -0.1) is 11.6 Å². The zero-order chi connectivity index (χ0) is 10.3. The van der Waals surface area contributed by atoms with E-state index in [9.17, 15) is 9.90 Å². The Morgan fingerprint density at radius 1 is 1.46 bits per heavy atom. The molecule has 0 saturated heterocycles. The average Bonchev–Trinajstić information content (AvgIpc) is 2.04. The lowest BCUT2D eigenvalue weighted by molar-refractivity contribution is -0.145. The highest BCUT2D eigenvalue weighted by atomic mass is 35.5. The molecule has 0 aromatic rings. The molecule has 0 heterocycles. The molecule has 0 aromatic carbocycles. The van der Waals surface area contributed by atoms with Gasteiger partial charge in [0, 0.05) is 12.3 Å². The van der Waals surface area contributed by atoms with E-state index in [1.54, 1.807) is 6.92 Å². The van der Waals surface area contributed by atoms with Gasteiger partial charge in [0.15, 0.2) is 0 Å². The first-order valence-electron chi connectivity index (χ1n) is 4.17. The molecule has 2 atom stereocenters. The number of esters is 1. The highest BCUT2D eigenvalue weighted by Gasteiger charge is 2.15. The van der Waals surface area contributed by atoms with Crippen LogP contribution in [-0.4, -0.2) is 40.9 Å². The van der Waals surface area contributed by atoms with Crippen LogP contribution in [-0.2, 0) is 9.53 Å². The third kappa shape index (κ3) is 6.81. The Hall–Kier alpha value is -0.320. The van der Waals surface area contributed by atoms with Gasteiger partial charge in [-0.2, -0.15) is 0 Å². The fourth-order valence-corrected chi connectivity index (χ4v) is 0.999. The summed E-state index contributed by atoms with van der Waals surface area (Å²) < 4.78 is 4.61. The van der Waals surface area contributed by atoms with Gasteiger partial charge in [0.1, 0.15) is 0 Å². The van der Waals surface area contributed by atoms with Gasteiger partial charge in [-0.3, -0.25) is 4.79 Å². The third-order valence-corrected chi connectivity index (χ3v) is 1.79. The van der Waals surface area contributed by atoms with Crippen molar-refractivity contribution in [3.63, 3.8) is 0 Å². The second-order valence-corrected chi connectivity index (χ2v) is 3.02. The maximum atomic E-state index is 10.8. The van der Waals surface area contributed by atoms with Crippen molar-refractivity contribution in [3.8, 4) is 0 Å². The molecule has 2 N–H and O–H groups in total. The number of ether oxygens (including phenoxy) is 1. The first-order chi connectivity index (χ1) is 6.10. The van der Waals surface area contributed by atoms with Gasteiger partial charge in [0.05, 0.1) is 25.2 Å². The molecule has 0 aliphatic rings. The van der Waals surface area contributed by atoms with E-state index in [0.717, 1.165) is 0 Å². The molecule has 0 amide bonds. The van der Waals surface area contributed by atoms with Crippen LogP contribution in [0.3, 0.4) is 0 Å². The Bertz CT molecular complexity index is 151. The monoisotopic (exact) mass is 210 g/mol. The molecule has 0 aliphatic heterocycles. The Kier molecular flexibility index (Phi) is 6.94. The standard InChI is InChI=1S/C8H15ClO4/c1-2-13-8(12)4-6(10)3-7(11)5-9/h6-7,10-11H,2-5H2,1H3. The van der Waals surface area contributed by atoms with Crippen molar-refractivity contribution in [2.24, 2.45) is 0 Å². The lowest BCUT2D eigenvalue weighted by atomic mass is 10.1. The molecule has 0 saturated carbocycles. The fourth-order valence-electron chi connectivity index (χ4n) is 0.873. The summed E-state index contributed by atoms with van der Waals surface area (Å²) >= 11 is 5.32. The number of aliphatic hydroxyl groups excluding tert-OH is 2. The molecule has 0 rings (SSSR count). The first kappa shape index (κ1) is 12.7. The molecule has 0 bridgehead atoms. The van der Waals surface area contributed by atoms with Crippen molar-refractivity contribution >= 4 is 17.6 Å². The molecule has 78 valence electrons. The predicted octanol–water partition coefficient (Wildman–Crippen LogP) is 0.290. The van der Waals surface area contributed by atoms with E-state index in [1.165, 1.54) is 0 Å². The summed E-state index contributed by atoms with van der Waals surface area (Å²) in [6.45, 7) is 1.99. The van der Waals surface area contributed by atoms with E-state index >= 15 is 0 Å². The van der Waals surface area contributed by atoms with E-state index < -0.39 is 18.2 Å². The highest BCUT2D eigenvalue weighted by Crippen LogP contribution is 2.05. The molecular weight excluding hydrogens is 196 g/mol. The van der Waals surface area contributed by atoms with Gasteiger partial charge in [0.2, 0.25) is 0 Å². The Morgan fingerprint density at radius 3 is 2.54 bits per heavy atom. The van der Waals surface area contributed by atoms with Gasteiger partial charge >= 0.3 is 5.97 Å². The van der Waals surface area contributed by atoms with Crippen LogP contribution in [0.15, 0.2) is 0 Å². The van der Waals surface area contributed by atoms with Crippen LogP contribution in [0.1, 0.15) is 19.8 Å². The minimum Gasteiger partial charge on any atom is -0.466 e. The molecule has 2 unspecified atom stereocenters. The van der Waals surface area contributed by atoms with Crippen molar-refractivity contribution in [1.82, 2.24) is 0 Å². The maximum Gasteiger partial charge on any atom is 0.308 e. The van der Waals surface area contributed by atoms with Gasteiger partial charge in [-0.25, -0.2) is 0 Å². The molecule has 0 aromatic heterocycles. The van der Waals surface area contributed by atoms with Crippen LogP contribution in [0.2, 0.25) is 0 Å². The molecule has 0 aliphatic carbocycles. The van der Waals surface area contributed by atoms with Crippen molar-refractivity contribution in [1.29, 1.82) is 0 Å². The number of carbonyl (C=O) groups is 1. The van der Waals surface area contributed by atoms with Crippen LogP contribution in [0.4, 0.5) is 0 Å². The summed E-state index contributed by atoms with van der Waals surface area (Å²) in [5.41, 5.74) is 0. The number of hydrogen-bond acceptors (Lipinski definition) is 4. The zero-order valence-corrected chi connectivity index (χ0v) is 8.33. The van der Waals surface area contributed by atoms with Crippen molar-refractivity contribution in [3.05, 3.63) is 0 Å². The second kappa shape index (κ2) is 7.12. The van der Waals surface area contributed by atoms with Gasteiger partial charge in [-0.1, -0.05) is 0 Å². The van der Waals surface area contributed by atoms with E-state index in [2.05, 4.69) is 4.74 Å². The van der Waals surface area contributed by atoms with Crippen LogP contribution >= 0.6 is 11.6 Å². The molecule has 4 nitrogen and oxygen atoms in total. The summed E-state index contributed by atoms with van der Waals surface area (Å²) in [6.07, 6.45) is -1.65. The van der Waals surface area contributed by atoms with Crippen LogP contribution < -0.4 is 0 Å². The Balaban J connectivity index is 3.60. The molecule has 0 radical (unpaired) electrons. The summed E-state index contributed by atoms with van der Waals surface area (Å²) in [4.78, 5) is 10.8. The number of hydrogen-bond donors (Lipinski definition) is 2. The summed E-state index contributed by atoms with van der Waals surface area (Å²) in [5, 5.41) is 18.3. The molecule has 13 heavy (non-hydrogen) atoms. The number of rotatable bonds is 6. The number of aliphatic hydroxyl groups is 2. The van der Waals surface area contributed by atoms with Gasteiger partial charge in [0.25, 0.3) is 0 Å². The van der Waals surface area contributed by atoms with Crippen LogP contribution in [0, 0.1) is 0 Å². The van der Waals surface area contributed by atoms with Crippen LogP contribution in [0.5, 0.6) is 0 Å². The van der Waals surface area contributed by atoms with E-state index in [4.69, 9.17) is 16.7 Å². The summed E-state index contributed by atoms with van der Waals surface area (Å²) in [6, 6.07) is 0. The molecular formula is C8H15ClO4. The number of alkyl halides is 1. The molecule has 5 heteroatoms. The van der Waals surface area contributed by atoms with Crippen molar-refractivity contribution in [2.75, 3.05) is 12.5 Å². The molecule has 0 fully saturated rings. The highest BCUT2D eigenvalue weighted by molar-refractivity contribution is 6.18. The lowest BCUT2D eigenvalue weighted by Crippen LogP contribution is -2.22. The first-order valence-corrected chi connectivity index (χ1v) is 4.71. The maximum absolute atomic E-state index is 10.8. The third-order valence-electron chi connectivity index (χ3n) is 1.43. The minimum absolute atomic E-state index is 0.0554. The zero-order valence-electron chi connectivity index (χ0n) is 7.57. The lowest BCUT2D eigenvalue weighted by Gasteiger charge is -2.12. The summed E-state index contributed by atoms with van der Waals surface area (Å²) in [5.74, 6) is -0.406. The second-order valence-electron chi connectivity index (χ2n) is 2.71. The van der Waals surface area contributed by atoms with E-state index in [-0.39, 0.29) is 18.7 Å². The summed E-state index contributed by atoms with van der Waals surface area (Å²) in [7, 11) is 0. The number of carbonyl (C=O) groups excluding carboxylic acids is 1. The van der Waals surface area contributed by atoms with E-state index in [0.29, 0.717) is 6.61 Å². The molecule has 0 spiro atoms. The topological polar surface area (TPSA) is 66.8 Å². The predicted molar refractivity (Wildman–Crippen MR) is 48.6 cm³/mol. The quantitative estimate of drug-likeness (QED) is 0.489. The van der Waals surface area contributed by atoms with E-state index in [1.807, 2.05) is 0 Å². The van der Waals surface area contributed by atoms with Crippen molar-refractivity contribution < 1.29 is 19.7 Å². The fraction of sp³-hybridized carbons (Fsp3) is 0.875.